The normalized spacial score (nSPS) is 16.5. The Bertz CT molecular complexity index is 936. The Morgan fingerprint density at radius 3 is 2.85 bits per heavy atom. The number of anilines is 1. The zero-order chi connectivity index (χ0) is 18.1. The SMILES string of the molecule is COc1ccccc1N(C)C1=NC(=Cc2ccc3c(c2)OCO3)C(=O)N1. The quantitative estimate of drug-likeness (QED) is 0.860. The molecule has 0 saturated carbocycles. The zero-order valence-electron chi connectivity index (χ0n) is 14.4. The van der Waals surface area contributed by atoms with Crippen LogP contribution in [0.4, 0.5) is 5.69 Å². The monoisotopic (exact) mass is 351 g/mol. The molecule has 7 nitrogen and oxygen atoms in total. The van der Waals surface area contributed by atoms with Crippen LogP contribution in [0.5, 0.6) is 17.2 Å². The summed E-state index contributed by atoms with van der Waals surface area (Å²) in [5.41, 5.74) is 1.93. The molecule has 0 aromatic heterocycles. The van der Waals surface area contributed by atoms with Crippen LogP contribution in [0.1, 0.15) is 5.56 Å². The van der Waals surface area contributed by atoms with Crippen LogP contribution in [-0.4, -0.2) is 32.8 Å². The Kier molecular flexibility index (Phi) is 3.96. The first-order valence-electron chi connectivity index (χ1n) is 8.04. The van der Waals surface area contributed by atoms with Gasteiger partial charge in [-0.15, -0.1) is 0 Å². The van der Waals surface area contributed by atoms with E-state index in [0.29, 0.717) is 28.9 Å². The number of aliphatic imine (C=N–C) groups is 1. The largest absolute Gasteiger partial charge is 0.495 e. The van der Waals surface area contributed by atoms with Gasteiger partial charge in [0, 0.05) is 7.05 Å². The van der Waals surface area contributed by atoms with Crippen LogP contribution in [0, 0.1) is 0 Å². The second-order valence-corrected chi connectivity index (χ2v) is 5.76. The second-order valence-electron chi connectivity index (χ2n) is 5.76. The number of carbonyl (C=O) groups excluding carboxylic acids is 1. The number of carbonyl (C=O) groups is 1. The van der Waals surface area contributed by atoms with Crippen LogP contribution in [0.3, 0.4) is 0 Å². The molecule has 0 radical (unpaired) electrons. The van der Waals surface area contributed by atoms with Crippen molar-refractivity contribution in [1.29, 1.82) is 0 Å². The molecule has 2 aromatic rings. The smallest absolute Gasteiger partial charge is 0.276 e. The van der Waals surface area contributed by atoms with Crippen LogP contribution in [0.15, 0.2) is 53.2 Å². The summed E-state index contributed by atoms with van der Waals surface area (Å²) in [6, 6.07) is 13.0. The highest BCUT2D eigenvalue weighted by Crippen LogP contribution is 2.33. The van der Waals surface area contributed by atoms with E-state index in [-0.39, 0.29) is 12.7 Å². The van der Waals surface area contributed by atoms with Gasteiger partial charge in [0.2, 0.25) is 12.8 Å². The number of guanidine groups is 1. The molecule has 0 bridgehead atoms. The second kappa shape index (κ2) is 6.44. The molecule has 26 heavy (non-hydrogen) atoms. The highest BCUT2D eigenvalue weighted by Gasteiger charge is 2.25. The lowest BCUT2D eigenvalue weighted by atomic mass is 10.1. The molecule has 1 N–H and O–H groups in total. The van der Waals surface area contributed by atoms with Crippen LogP contribution < -0.4 is 24.4 Å². The first-order chi connectivity index (χ1) is 12.7. The number of ether oxygens (including phenoxy) is 3. The van der Waals surface area contributed by atoms with Gasteiger partial charge in [-0.05, 0) is 35.9 Å². The Morgan fingerprint density at radius 1 is 1.19 bits per heavy atom. The van der Waals surface area contributed by atoms with Crippen molar-refractivity contribution in [1.82, 2.24) is 5.32 Å². The highest BCUT2D eigenvalue weighted by molar-refractivity contribution is 6.18. The lowest BCUT2D eigenvalue weighted by Gasteiger charge is -2.20. The van der Waals surface area contributed by atoms with Gasteiger partial charge >= 0.3 is 0 Å². The van der Waals surface area contributed by atoms with E-state index in [2.05, 4.69) is 10.3 Å². The molecule has 2 aliphatic rings. The van der Waals surface area contributed by atoms with Gasteiger partial charge in [-0.25, -0.2) is 4.99 Å². The van der Waals surface area contributed by atoms with Gasteiger partial charge in [0.25, 0.3) is 5.91 Å². The number of nitrogens with zero attached hydrogens (tertiary/aromatic N) is 2. The molecule has 132 valence electrons. The number of hydrogen-bond donors (Lipinski definition) is 1. The molecule has 0 saturated heterocycles. The summed E-state index contributed by atoms with van der Waals surface area (Å²) in [5.74, 6) is 2.22. The summed E-state index contributed by atoms with van der Waals surface area (Å²) >= 11 is 0. The predicted octanol–water partition coefficient (Wildman–Crippen LogP) is 2.39. The van der Waals surface area contributed by atoms with E-state index < -0.39 is 0 Å². The fourth-order valence-corrected chi connectivity index (χ4v) is 2.80. The van der Waals surface area contributed by atoms with Crippen molar-refractivity contribution in [3.63, 3.8) is 0 Å². The van der Waals surface area contributed by atoms with Crippen molar-refractivity contribution in [3.8, 4) is 17.2 Å². The molecule has 2 aromatic carbocycles. The number of benzene rings is 2. The molecule has 7 heteroatoms. The maximum absolute atomic E-state index is 12.3. The van der Waals surface area contributed by atoms with Gasteiger partial charge in [-0.1, -0.05) is 18.2 Å². The lowest BCUT2D eigenvalue weighted by Crippen LogP contribution is -2.38. The number of methoxy groups -OCH3 is 1. The topological polar surface area (TPSA) is 72.4 Å². The fourth-order valence-electron chi connectivity index (χ4n) is 2.80. The Hall–Kier alpha value is -3.48. The number of hydrogen-bond acceptors (Lipinski definition) is 6. The van der Waals surface area contributed by atoms with Gasteiger partial charge < -0.3 is 19.1 Å². The fraction of sp³-hybridized carbons (Fsp3) is 0.158. The third-order valence-electron chi connectivity index (χ3n) is 4.15. The summed E-state index contributed by atoms with van der Waals surface area (Å²) in [6.07, 6.45) is 1.71. The first kappa shape index (κ1) is 16.0. The number of amides is 1. The van der Waals surface area contributed by atoms with Crippen LogP contribution in [-0.2, 0) is 4.79 Å². The number of para-hydroxylation sites is 2. The highest BCUT2D eigenvalue weighted by atomic mass is 16.7. The average Bonchev–Trinajstić information content (AvgIpc) is 3.27. The molecule has 4 rings (SSSR count). The Labute approximate surface area is 150 Å². The summed E-state index contributed by atoms with van der Waals surface area (Å²) in [6.45, 7) is 0.210. The molecule has 1 amide bonds. The molecule has 2 aliphatic heterocycles. The van der Waals surface area contributed by atoms with E-state index in [0.717, 1.165) is 11.3 Å². The van der Waals surface area contributed by atoms with Crippen LogP contribution >= 0.6 is 0 Å². The molecule has 0 fully saturated rings. The van der Waals surface area contributed by atoms with E-state index in [1.165, 1.54) is 0 Å². The van der Waals surface area contributed by atoms with E-state index in [1.54, 1.807) is 18.1 Å². The number of rotatable bonds is 3. The first-order valence-corrected chi connectivity index (χ1v) is 8.04. The van der Waals surface area contributed by atoms with E-state index in [4.69, 9.17) is 14.2 Å². The van der Waals surface area contributed by atoms with Gasteiger partial charge in [0.15, 0.2) is 11.5 Å². The van der Waals surface area contributed by atoms with Crippen molar-refractivity contribution < 1.29 is 19.0 Å². The van der Waals surface area contributed by atoms with E-state index in [1.807, 2.05) is 49.5 Å². The van der Waals surface area contributed by atoms with Gasteiger partial charge in [0.1, 0.15) is 11.4 Å². The standard InChI is InChI=1S/C19H17N3O4/c1-22(14-5-3-4-6-15(14)24-2)19-20-13(18(23)21-19)9-12-7-8-16-17(10-12)26-11-25-16/h3-10H,11H2,1-2H3,(H,20,21,23). The summed E-state index contributed by atoms with van der Waals surface area (Å²) in [4.78, 5) is 18.5. The van der Waals surface area contributed by atoms with E-state index >= 15 is 0 Å². The maximum Gasteiger partial charge on any atom is 0.276 e. The third kappa shape index (κ3) is 2.83. The summed E-state index contributed by atoms with van der Waals surface area (Å²) in [5, 5.41) is 2.78. The predicted molar refractivity (Wildman–Crippen MR) is 97.5 cm³/mol. The molecule has 2 heterocycles. The Morgan fingerprint density at radius 2 is 2.00 bits per heavy atom. The lowest BCUT2D eigenvalue weighted by molar-refractivity contribution is -0.115. The van der Waals surface area contributed by atoms with E-state index in [9.17, 15) is 4.79 Å². The number of nitrogens with one attached hydrogen (secondary N) is 1. The zero-order valence-corrected chi connectivity index (χ0v) is 14.4. The van der Waals surface area contributed by atoms with Gasteiger partial charge in [0.05, 0.1) is 12.8 Å². The molecule has 0 atom stereocenters. The summed E-state index contributed by atoms with van der Waals surface area (Å²) < 4.78 is 16.0. The van der Waals surface area contributed by atoms with Crippen molar-refractivity contribution in [2.45, 2.75) is 0 Å². The number of fused-ring (bicyclic) bond motifs is 1. The molecular formula is C19H17N3O4. The molecular weight excluding hydrogens is 334 g/mol. The maximum atomic E-state index is 12.3. The van der Waals surface area contributed by atoms with Crippen LogP contribution in [0.25, 0.3) is 6.08 Å². The minimum atomic E-state index is -0.264. The van der Waals surface area contributed by atoms with Crippen molar-refractivity contribution in [3.05, 3.63) is 53.7 Å². The van der Waals surface area contributed by atoms with Crippen molar-refractivity contribution in [2.24, 2.45) is 4.99 Å². The van der Waals surface area contributed by atoms with Crippen molar-refractivity contribution >= 4 is 23.6 Å². The summed E-state index contributed by atoms with van der Waals surface area (Å²) in [7, 11) is 3.42. The molecule has 0 spiro atoms. The molecule has 0 unspecified atom stereocenters. The van der Waals surface area contributed by atoms with Gasteiger partial charge in [-0.2, -0.15) is 0 Å². The Balaban J connectivity index is 1.63. The van der Waals surface area contributed by atoms with Gasteiger partial charge in [-0.3, -0.25) is 10.1 Å². The van der Waals surface area contributed by atoms with Crippen LogP contribution in [0.2, 0.25) is 0 Å². The average molecular weight is 351 g/mol. The molecule has 0 aliphatic carbocycles. The minimum Gasteiger partial charge on any atom is -0.495 e. The third-order valence-corrected chi connectivity index (χ3v) is 4.15. The minimum absolute atomic E-state index is 0.210. The van der Waals surface area contributed by atoms with Crippen molar-refractivity contribution in [2.75, 3.05) is 25.9 Å².